The van der Waals surface area contributed by atoms with Crippen LogP contribution in [-0.4, -0.2) is 12.9 Å². The molecule has 0 aliphatic carbocycles. The molecule has 0 aromatic heterocycles. The average molecular weight is 265 g/mol. The molecule has 0 N–H and O–H groups in total. The molecule has 2 rings (SSSR count). The molecule has 18 heavy (non-hydrogen) atoms. The lowest BCUT2D eigenvalue weighted by molar-refractivity contribution is 0.103. The second-order valence-corrected chi connectivity index (χ2v) is 4.06. The standard InChI is InChI=1S/C14H10ClFO2/c1-18-9-6-7-11(13(16)8-9)14(17)10-4-2-3-5-12(10)15/h2-8H,1H3. The highest BCUT2D eigenvalue weighted by Crippen LogP contribution is 2.23. The zero-order chi connectivity index (χ0) is 13.1. The van der Waals surface area contributed by atoms with Gasteiger partial charge in [-0.3, -0.25) is 4.79 Å². The molecule has 0 saturated heterocycles. The Morgan fingerprint density at radius 1 is 1.17 bits per heavy atom. The van der Waals surface area contributed by atoms with Crippen molar-refractivity contribution in [1.29, 1.82) is 0 Å². The van der Waals surface area contributed by atoms with Crippen molar-refractivity contribution in [3.05, 3.63) is 64.4 Å². The molecular formula is C14H10ClFO2. The fourth-order valence-corrected chi connectivity index (χ4v) is 1.82. The minimum absolute atomic E-state index is 0.0242. The molecule has 2 aromatic rings. The van der Waals surface area contributed by atoms with Crippen LogP contribution in [0.25, 0.3) is 0 Å². The van der Waals surface area contributed by atoms with Gasteiger partial charge >= 0.3 is 0 Å². The highest BCUT2D eigenvalue weighted by atomic mass is 35.5. The lowest BCUT2D eigenvalue weighted by atomic mass is 10.0. The molecule has 0 aliphatic rings. The summed E-state index contributed by atoms with van der Waals surface area (Å²) in [7, 11) is 1.43. The topological polar surface area (TPSA) is 26.3 Å². The lowest BCUT2D eigenvalue weighted by Gasteiger charge is -2.06. The summed E-state index contributed by atoms with van der Waals surface area (Å²) in [6.45, 7) is 0. The fraction of sp³-hybridized carbons (Fsp3) is 0.0714. The summed E-state index contributed by atoms with van der Waals surface area (Å²) in [6.07, 6.45) is 0. The number of ketones is 1. The minimum atomic E-state index is -0.626. The van der Waals surface area contributed by atoms with E-state index in [1.807, 2.05) is 0 Å². The third kappa shape index (κ3) is 2.36. The van der Waals surface area contributed by atoms with Crippen molar-refractivity contribution >= 4 is 17.4 Å². The Hall–Kier alpha value is -1.87. The maximum absolute atomic E-state index is 13.8. The largest absolute Gasteiger partial charge is 0.497 e. The normalized spacial score (nSPS) is 10.2. The number of halogens is 2. The zero-order valence-corrected chi connectivity index (χ0v) is 10.4. The third-order valence-corrected chi connectivity index (χ3v) is 2.87. The Kier molecular flexibility index (Phi) is 3.63. The maximum Gasteiger partial charge on any atom is 0.197 e. The van der Waals surface area contributed by atoms with Crippen LogP contribution in [-0.2, 0) is 0 Å². The number of hydrogen-bond donors (Lipinski definition) is 0. The molecule has 0 heterocycles. The quantitative estimate of drug-likeness (QED) is 0.790. The fourth-order valence-electron chi connectivity index (χ4n) is 1.60. The van der Waals surface area contributed by atoms with Gasteiger partial charge in [-0.15, -0.1) is 0 Å². The highest BCUT2D eigenvalue weighted by molar-refractivity contribution is 6.35. The van der Waals surface area contributed by atoms with E-state index in [4.69, 9.17) is 16.3 Å². The Balaban J connectivity index is 2.44. The molecule has 0 bridgehead atoms. The average Bonchev–Trinajstić information content (AvgIpc) is 2.38. The van der Waals surface area contributed by atoms with Gasteiger partial charge in [0.1, 0.15) is 11.6 Å². The first-order valence-corrected chi connectivity index (χ1v) is 5.64. The minimum Gasteiger partial charge on any atom is -0.497 e. The van der Waals surface area contributed by atoms with E-state index in [0.717, 1.165) is 0 Å². The van der Waals surface area contributed by atoms with Gasteiger partial charge in [-0.1, -0.05) is 23.7 Å². The van der Waals surface area contributed by atoms with E-state index < -0.39 is 11.6 Å². The van der Waals surface area contributed by atoms with Crippen molar-refractivity contribution in [3.8, 4) is 5.75 Å². The highest BCUT2D eigenvalue weighted by Gasteiger charge is 2.16. The van der Waals surface area contributed by atoms with E-state index in [1.165, 1.54) is 25.3 Å². The van der Waals surface area contributed by atoms with Crippen LogP contribution in [0.1, 0.15) is 15.9 Å². The van der Waals surface area contributed by atoms with E-state index in [0.29, 0.717) is 10.8 Å². The third-order valence-electron chi connectivity index (χ3n) is 2.54. The molecule has 92 valence electrons. The smallest absolute Gasteiger partial charge is 0.197 e. The molecule has 0 unspecified atom stereocenters. The number of carbonyl (C=O) groups excluding carboxylic acids is 1. The molecular weight excluding hydrogens is 255 g/mol. The van der Waals surface area contributed by atoms with E-state index in [9.17, 15) is 9.18 Å². The Labute approximate surface area is 109 Å². The predicted molar refractivity (Wildman–Crippen MR) is 67.8 cm³/mol. The van der Waals surface area contributed by atoms with Crippen molar-refractivity contribution in [2.45, 2.75) is 0 Å². The second kappa shape index (κ2) is 5.19. The van der Waals surface area contributed by atoms with E-state index >= 15 is 0 Å². The molecule has 0 saturated carbocycles. The van der Waals surface area contributed by atoms with E-state index in [1.54, 1.807) is 24.3 Å². The predicted octanol–water partition coefficient (Wildman–Crippen LogP) is 3.72. The van der Waals surface area contributed by atoms with Gasteiger partial charge in [0.2, 0.25) is 0 Å². The van der Waals surface area contributed by atoms with Crippen molar-refractivity contribution in [3.63, 3.8) is 0 Å². The van der Waals surface area contributed by atoms with Gasteiger partial charge in [0.05, 0.1) is 17.7 Å². The lowest BCUT2D eigenvalue weighted by Crippen LogP contribution is -2.05. The summed E-state index contributed by atoms with van der Waals surface area (Å²) in [5.41, 5.74) is 0.257. The molecule has 0 aliphatic heterocycles. The molecule has 0 radical (unpaired) electrons. The van der Waals surface area contributed by atoms with Crippen LogP contribution in [0, 0.1) is 5.82 Å². The van der Waals surface area contributed by atoms with Crippen molar-refractivity contribution in [1.82, 2.24) is 0 Å². The molecule has 0 atom stereocenters. The van der Waals surface area contributed by atoms with Crippen molar-refractivity contribution in [2.24, 2.45) is 0 Å². The monoisotopic (exact) mass is 264 g/mol. The van der Waals surface area contributed by atoms with Gasteiger partial charge in [-0.25, -0.2) is 4.39 Å². The van der Waals surface area contributed by atoms with Crippen molar-refractivity contribution in [2.75, 3.05) is 7.11 Å². The van der Waals surface area contributed by atoms with Crippen LogP contribution in [0.3, 0.4) is 0 Å². The summed E-state index contributed by atoms with van der Waals surface area (Å²) in [5.74, 6) is -0.705. The van der Waals surface area contributed by atoms with E-state index in [2.05, 4.69) is 0 Å². The Bertz CT molecular complexity index is 596. The van der Waals surface area contributed by atoms with Crippen LogP contribution < -0.4 is 4.74 Å². The SMILES string of the molecule is COc1ccc(C(=O)c2ccccc2Cl)c(F)c1. The first-order valence-electron chi connectivity index (χ1n) is 5.26. The van der Waals surface area contributed by atoms with Crippen LogP contribution in [0.4, 0.5) is 4.39 Å². The summed E-state index contributed by atoms with van der Waals surface area (Å²) >= 11 is 5.91. The van der Waals surface area contributed by atoms with Gasteiger partial charge in [0.25, 0.3) is 0 Å². The van der Waals surface area contributed by atoms with Gasteiger partial charge in [-0.2, -0.15) is 0 Å². The van der Waals surface area contributed by atoms with E-state index in [-0.39, 0.29) is 11.1 Å². The van der Waals surface area contributed by atoms with Gasteiger partial charge in [0, 0.05) is 11.6 Å². The number of methoxy groups -OCH3 is 1. The molecule has 0 spiro atoms. The molecule has 2 nitrogen and oxygen atoms in total. The first-order chi connectivity index (χ1) is 8.63. The summed E-state index contributed by atoms with van der Waals surface area (Å²) in [4.78, 5) is 12.1. The Morgan fingerprint density at radius 2 is 1.89 bits per heavy atom. The summed E-state index contributed by atoms with van der Waals surface area (Å²) in [5, 5.41) is 0.303. The Morgan fingerprint density at radius 3 is 2.50 bits per heavy atom. The summed E-state index contributed by atoms with van der Waals surface area (Å²) < 4.78 is 18.6. The number of rotatable bonds is 3. The van der Waals surface area contributed by atoms with Gasteiger partial charge < -0.3 is 4.74 Å². The maximum atomic E-state index is 13.8. The summed E-state index contributed by atoms with van der Waals surface area (Å²) in [6, 6.07) is 10.6. The molecule has 0 fully saturated rings. The first kappa shape index (κ1) is 12.6. The number of carbonyl (C=O) groups is 1. The zero-order valence-electron chi connectivity index (χ0n) is 9.61. The number of ether oxygens (including phenoxy) is 1. The van der Waals surface area contributed by atoms with Gasteiger partial charge in [-0.05, 0) is 24.3 Å². The van der Waals surface area contributed by atoms with Crippen LogP contribution in [0.2, 0.25) is 5.02 Å². The van der Waals surface area contributed by atoms with Gasteiger partial charge in [0.15, 0.2) is 5.78 Å². The molecule has 0 amide bonds. The van der Waals surface area contributed by atoms with Crippen LogP contribution >= 0.6 is 11.6 Å². The number of hydrogen-bond acceptors (Lipinski definition) is 2. The molecule has 4 heteroatoms. The van der Waals surface area contributed by atoms with Crippen LogP contribution in [0.15, 0.2) is 42.5 Å². The second-order valence-electron chi connectivity index (χ2n) is 3.65. The molecule has 2 aromatic carbocycles. The van der Waals surface area contributed by atoms with Crippen molar-refractivity contribution < 1.29 is 13.9 Å². The van der Waals surface area contributed by atoms with Crippen LogP contribution in [0.5, 0.6) is 5.75 Å². The number of benzene rings is 2.